The second kappa shape index (κ2) is 4.20. The summed E-state index contributed by atoms with van der Waals surface area (Å²) in [5.41, 5.74) is 0. The molecule has 1 N–H and O–H groups in total. The lowest BCUT2D eigenvalue weighted by molar-refractivity contribution is 0.496. The molecule has 1 heterocycles. The predicted molar refractivity (Wildman–Crippen MR) is 50.9 cm³/mol. The molecule has 0 bridgehead atoms. The number of halogens is 1. The van der Waals surface area contributed by atoms with E-state index in [0.29, 0.717) is 0 Å². The zero-order valence-electron chi connectivity index (χ0n) is 6.76. The summed E-state index contributed by atoms with van der Waals surface area (Å²) in [6.45, 7) is 4.29. The largest absolute Gasteiger partial charge is 0.287 e. The fourth-order valence-corrected chi connectivity index (χ4v) is 2.11. The van der Waals surface area contributed by atoms with Crippen LogP contribution >= 0.6 is 24.2 Å². The van der Waals surface area contributed by atoms with Gasteiger partial charge in [0, 0.05) is 5.75 Å². The summed E-state index contributed by atoms with van der Waals surface area (Å²) < 4.78 is 0. The molecule has 0 saturated carbocycles. The van der Waals surface area contributed by atoms with Crippen LogP contribution in [0.4, 0.5) is 0 Å². The molecule has 0 aromatic rings. The lowest BCUT2D eigenvalue weighted by Crippen LogP contribution is -2.37. The van der Waals surface area contributed by atoms with Gasteiger partial charge in [0.1, 0.15) is 6.04 Å². The van der Waals surface area contributed by atoms with Gasteiger partial charge < -0.3 is 0 Å². The maximum absolute atomic E-state index is 8.57. The molecule has 1 aliphatic heterocycles. The van der Waals surface area contributed by atoms with Gasteiger partial charge in [-0.15, -0.1) is 24.2 Å². The number of hydrogen-bond donors (Lipinski definition) is 1. The highest BCUT2D eigenvalue weighted by atomic mass is 35.5. The number of hydrogen-bond acceptors (Lipinski definition) is 3. The number of nitrogens with one attached hydrogen (secondary N) is 1. The number of nitrogens with zero attached hydrogens (tertiary/aromatic N) is 1. The molecule has 0 aliphatic carbocycles. The van der Waals surface area contributed by atoms with Gasteiger partial charge in [-0.05, 0) is 13.3 Å². The van der Waals surface area contributed by atoms with Crippen molar-refractivity contribution >= 4 is 24.2 Å². The lowest BCUT2D eigenvalue weighted by Gasteiger charge is -2.20. The first-order valence-corrected chi connectivity index (χ1v) is 4.50. The van der Waals surface area contributed by atoms with Gasteiger partial charge in [-0.3, -0.25) is 5.32 Å². The van der Waals surface area contributed by atoms with E-state index in [2.05, 4.69) is 25.2 Å². The lowest BCUT2D eigenvalue weighted by atomic mass is 10.2. The van der Waals surface area contributed by atoms with E-state index in [1.807, 2.05) is 11.8 Å². The SMILES string of the molecule is CCC1(C)NC(C#N)CS1.Cl. The molecule has 2 atom stereocenters. The molecule has 1 saturated heterocycles. The molecule has 64 valence electrons. The molecule has 0 radical (unpaired) electrons. The second-order valence-corrected chi connectivity index (χ2v) is 4.24. The van der Waals surface area contributed by atoms with E-state index in [1.165, 1.54) is 0 Å². The Bertz CT molecular complexity index is 168. The summed E-state index contributed by atoms with van der Waals surface area (Å²) in [4.78, 5) is 0.153. The van der Waals surface area contributed by atoms with Crippen molar-refractivity contribution in [3.8, 4) is 6.07 Å². The molecule has 2 nitrogen and oxygen atoms in total. The van der Waals surface area contributed by atoms with Crippen LogP contribution in [0, 0.1) is 11.3 Å². The van der Waals surface area contributed by atoms with Crippen molar-refractivity contribution in [3.05, 3.63) is 0 Å². The highest BCUT2D eigenvalue weighted by Crippen LogP contribution is 2.32. The van der Waals surface area contributed by atoms with Gasteiger partial charge in [-0.1, -0.05) is 6.92 Å². The third-order valence-electron chi connectivity index (χ3n) is 1.88. The van der Waals surface area contributed by atoms with Gasteiger partial charge in [-0.25, -0.2) is 0 Å². The van der Waals surface area contributed by atoms with E-state index in [-0.39, 0.29) is 23.3 Å². The minimum atomic E-state index is 0. The van der Waals surface area contributed by atoms with Crippen molar-refractivity contribution in [3.63, 3.8) is 0 Å². The van der Waals surface area contributed by atoms with Crippen molar-refractivity contribution in [1.82, 2.24) is 5.32 Å². The molecule has 0 spiro atoms. The third-order valence-corrected chi connectivity index (χ3v) is 3.42. The van der Waals surface area contributed by atoms with Crippen molar-refractivity contribution in [2.24, 2.45) is 0 Å². The molecule has 1 fully saturated rings. The van der Waals surface area contributed by atoms with E-state index in [4.69, 9.17) is 5.26 Å². The second-order valence-electron chi connectivity index (χ2n) is 2.72. The molecule has 1 rings (SSSR count). The van der Waals surface area contributed by atoms with E-state index in [9.17, 15) is 0 Å². The first-order chi connectivity index (χ1) is 4.70. The standard InChI is InChI=1S/C7H12N2S.ClH/c1-3-7(2)9-6(4-8)5-10-7;/h6,9H,3,5H2,1-2H3;1H. The van der Waals surface area contributed by atoms with Crippen LogP contribution in [-0.4, -0.2) is 16.7 Å². The average Bonchev–Trinajstić information content (AvgIpc) is 2.33. The van der Waals surface area contributed by atoms with Crippen molar-refractivity contribution in [2.75, 3.05) is 5.75 Å². The molecular weight excluding hydrogens is 180 g/mol. The van der Waals surface area contributed by atoms with Gasteiger partial charge in [-0.2, -0.15) is 5.26 Å². The predicted octanol–water partition coefficient (Wildman–Crippen LogP) is 1.76. The fourth-order valence-electron chi connectivity index (χ4n) is 0.993. The maximum Gasteiger partial charge on any atom is 0.106 e. The normalized spacial score (nSPS) is 35.9. The Kier molecular flexibility index (Phi) is 4.23. The van der Waals surface area contributed by atoms with Gasteiger partial charge in [0.15, 0.2) is 0 Å². The summed E-state index contributed by atoms with van der Waals surface area (Å²) in [5, 5.41) is 11.8. The molecule has 4 heteroatoms. The van der Waals surface area contributed by atoms with E-state index in [1.54, 1.807) is 0 Å². The minimum Gasteiger partial charge on any atom is -0.287 e. The summed E-state index contributed by atoms with van der Waals surface area (Å²) in [6.07, 6.45) is 1.08. The number of thioether (sulfide) groups is 1. The van der Waals surface area contributed by atoms with Crippen LogP contribution in [0.3, 0.4) is 0 Å². The Balaban J connectivity index is 0.000001000. The third kappa shape index (κ3) is 2.55. The molecule has 0 amide bonds. The van der Waals surface area contributed by atoms with Gasteiger partial charge in [0.05, 0.1) is 10.9 Å². The Labute approximate surface area is 78.1 Å². The Morgan fingerprint density at radius 2 is 2.45 bits per heavy atom. The zero-order chi connectivity index (χ0) is 7.61. The summed E-state index contributed by atoms with van der Waals surface area (Å²) in [5.74, 6) is 0.931. The molecule has 0 aromatic heterocycles. The molecular formula is C7H13ClN2S. The molecule has 1 aliphatic rings. The van der Waals surface area contributed by atoms with Crippen LogP contribution in [-0.2, 0) is 0 Å². The fraction of sp³-hybridized carbons (Fsp3) is 0.857. The minimum absolute atomic E-state index is 0. The van der Waals surface area contributed by atoms with Gasteiger partial charge in [0.2, 0.25) is 0 Å². The quantitative estimate of drug-likeness (QED) is 0.688. The molecule has 11 heavy (non-hydrogen) atoms. The highest BCUT2D eigenvalue weighted by molar-refractivity contribution is 8.00. The van der Waals surface area contributed by atoms with Crippen molar-refractivity contribution in [2.45, 2.75) is 31.2 Å². The number of rotatable bonds is 1. The van der Waals surface area contributed by atoms with Crippen LogP contribution < -0.4 is 5.32 Å². The van der Waals surface area contributed by atoms with Crippen LogP contribution in [0.15, 0.2) is 0 Å². The molecule has 0 aromatic carbocycles. The summed E-state index contributed by atoms with van der Waals surface area (Å²) >= 11 is 1.84. The van der Waals surface area contributed by atoms with Gasteiger partial charge in [0.25, 0.3) is 0 Å². The first-order valence-electron chi connectivity index (χ1n) is 3.51. The summed E-state index contributed by atoms with van der Waals surface area (Å²) in [6, 6.07) is 2.29. The first kappa shape index (κ1) is 11.1. The highest BCUT2D eigenvalue weighted by Gasteiger charge is 2.32. The van der Waals surface area contributed by atoms with E-state index in [0.717, 1.165) is 12.2 Å². The smallest absolute Gasteiger partial charge is 0.106 e. The van der Waals surface area contributed by atoms with Crippen LogP contribution in [0.2, 0.25) is 0 Å². The summed E-state index contributed by atoms with van der Waals surface area (Å²) in [7, 11) is 0. The Morgan fingerprint density at radius 1 is 1.82 bits per heavy atom. The van der Waals surface area contributed by atoms with Crippen molar-refractivity contribution < 1.29 is 0 Å². The van der Waals surface area contributed by atoms with E-state index >= 15 is 0 Å². The van der Waals surface area contributed by atoms with Crippen LogP contribution in [0.1, 0.15) is 20.3 Å². The van der Waals surface area contributed by atoms with Crippen LogP contribution in [0.25, 0.3) is 0 Å². The maximum atomic E-state index is 8.57. The van der Waals surface area contributed by atoms with Crippen LogP contribution in [0.5, 0.6) is 0 Å². The molecule has 2 unspecified atom stereocenters. The van der Waals surface area contributed by atoms with Gasteiger partial charge >= 0.3 is 0 Å². The Morgan fingerprint density at radius 3 is 2.73 bits per heavy atom. The zero-order valence-corrected chi connectivity index (χ0v) is 8.39. The van der Waals surface area contributed by atoms with E-state index < -0.39 is 0 Å². The Hall–Kier alpha value is 0.0900. The monoisotopic (exact) mass is 192 g/mol. The van der Waals surface area contributed by atoms with Crippen molar-refractivity contribution in [1.29, 1.82) is 5.26 Å². The topological polar surface area (TPSA) is 35.8 Å². The average molecular weight is 193 g/mol. The number of nitriles is 1.